The summed E-state index contributed by atoms with van der Waals surface area (Å²) in [7, 11) is 0. The number of hydrogen-bond acceptors (Lipinski definition) is 3. The molecule has 22 heavy (non-hydrogen) atoms. The van der Waals surface area contributed by atoms with Gasteiger partial charge in [-0.3, -0.25) is 4.79 Å². The minimum Gasteiger partial charge on any atom is -0.508 e. The van der Waals surface area contributed by atoms with Gasteiger partial charge in [0.2, 0.25) is 0 Å². The van der Waals surface area contributed by atoms with Crippen LogP contribution in [0.1, 0.15) is 50.3 Å². The van der Waals surface area contributed by atoms with E-state index in [2.05, 4.69) is 29.8 Å². The molecule has 4 heteroatoms. The number of ether oxygens (including phenoxy) is 1. The lowest BCUT2D eigenvalue weighted by Crippen LogP contribution is -2.38. The van der Waals surface area contributed by atoms with E-state index in [1.165, 1.54) is 0 Å². The van der Waals surface area contributed by atoms with E-state index in [4.69, 9.17) is 4.74 Å². The molecule has 1 aromatic rings. The third-order valence-electron chi connectivity index (χ3n) is 4.84. The zero-order chi connectivity index (χ0) is 16.1. The molecule has 118 valence electrons. The molecule has 1 fully saturated rings. The van der Waals surface area contributed by atoms with Crippen molar-refractivity contribution < 1.29 is 14.6 Å². The fraction of sp³-hybridized carbons (Fsp3) is 0.500. The number of halogens is 1. The first-order valence-corrected chi connectivity index (χ1v) is 8.68. The molecule has 2 aliphatic rings. The van der Waals surface area contributed by atoms with Gasteiger partial charge in [-0.15, -0.1) is 0 Å². The highest BCUT2D eigenvalue weighted by Crippen LogP contribution is 2.46. The van der Waals surface area contributed by atoms with E-state index in [1.54, 1.807) is 0 Å². The highest BCUT2D eigenvalue weighted by molar-refractivity contribution is 9.10. The number of rotatable bonds is 3. The summed E-state index contributed by atoms with van der Waals surface area (Å²) < 4.78 is 6.78. The van der Waals surface area contributed by atoms with Crippen LogP contribution in [0.2, 0.25) is 0 Å². The molecule has 0 spiro atoms. The van der Waals surface area contributed by atoms with Gasteiger partial charge in [0, 0.05) is 4.47 Å². The number of hydrogen-bond donors (Lipinski definition) is 1. The number of Topliss-reactive ketones (excluding diaryl/α,β-unsaturated/α-hetero) is 1. The van der Waals surface area contributed by atoms with Gasteiger partial charge in [0.25, 0.3) is 0 Å². The topological polar surface area (TPSA) is 46.5 Å². The van der Waals surface area contributed by atoms with Gasteiger partial charge in [-0.25, -0.2) is 0 Å². The molecule has 2 atom stereocenters. The second-order valence-corrected chi connectivity index (χ2v) is 7.19. The van der Waals surface area contributed by atoms with Crippen molar-refractivity contribution in [3.05, 3.63) is 39.1 Å². The minimum atomic E-state index is -0.711. The van der Waals surface area contributed by atoms with Crippen LogP contribution in [0.5, 0.6) is 0 Å². The summed E-state index contributed by atoms with van der Waals surface area (Å²) in [6.45, 7) is 6.02. The van der Waals surface area contributed by atoms with Crippen LogP contribution in [0.15, 0.2) is 22.4 Å². The van der Waals surface area contributed by atoms with Gasteiger partial charge in [0.05, 0.1) is 5.57 Å². The SMILES string of the molecule is CCc1cc(Br)cc(CC)c1C1=C(O)[C@@]2(C)CC[C@H](O2)C1=O. The number of ketones is 1. The molecule has 0 radical (unpaired) electrons. The van der Waals surface area contributed by atoms with Gasteiger partial charge in [0.15, 0.2) is 5.78 Å². The Morgan fingerprint density at radius 1 is 1.32 bits per heavy atom. The van der Waals surface area contributed by atoms with Crippen LogP contribution >= 0.6 is 15.9 Å². The highest BCUT2D eigenvalue weighted by atomic mass is 79.9. The maximum atomic E-state index is 12.8. The van der Waals surface area contributed by atoms with E-state index in [-0.39, 0.29) is 11.5 Å². The number of carbonyl (C=O) groups is 1. The predicted molar refractivity (Wildman–Crippen MR) is 90.0 cm³/mol. The summed E-state index contributed by atoms with van der Waals surface area (Å²) in [6, 6.07) is 4.09. The van der Waals surface area contributed by atoms with E-state index in [0.29, 0.717) is 18.4 Å². The van der Waals surface area contributed by atoms with Crippen molar-refractivity contribution >= 4 is 27.3 Å². The summed E-state index contributed by atoms with van der Waals surface area (Å²) >= 11 is 3.54. The Balaban J connectivity index is 2.29. The van der Waals surface area contributed by atoms with Crippen molar-refractivity contribution in [1.82, 2.24) is 0 Å². The lowest BCUT2D eigenvalue weighted by atomic mass is 9.85. The second kappa shape index (κ2) is 5.50. The molecule has 2 bridgehead atoms. The lowest BCUT2D eigenvalue weighted by Gasteiger charge is -2.32. The summed E-state index contributed by atoms with van der Waals surface area (Å²) in [5.74, 6) is 0.0390. The Bertz CT molecular complexity index is 652. The number of benzene rings is 1. The average molecular weight is 365 g/mol. The fourth-order valence-electron chi connectivity index (χ4n) is 3.58. The third-order valence-corrected chi connectivity index (χ3v) is 5.30. The van der Waals surface area contributed by atoms with Crippen molar-refractivity contribution in [2.75, 3.05) is 0 Å². The van der Waals surface area contributed by atoms with Gasteiger partial charge < -0.3 is 9.84 Å². The van der Waals surface area contributed by atoms with Crippen molar-refractivity contribution in [3.63, 3.8) is 0 Å². The van der Waals surface area contributed by atoms with E-state index in [9.17, 15) is 9.90 Å². The molecule has 2 heterocycles. The molecule has 0 aliphatic carbocycles. The minimum absolute atomic E-state index is 0.0702. The molecule has 1 N–H and O–H groups in total. The Morgan fingerprint density at radius 2 is 1.91 bits per heavy atom. The van der Waals surface area contributed by atoms with Crippen LogP contribution < -0.4 is 0 Å². The predicted octanol–water partition coefficient (Wildman–Crippen LogP) is 4.36. The van der Waals surface area contributed by atoms with Gasteiger partial charge in [-0.1, -0.05) is 29.8 Å². The monoisotopic (exact) mass is 364 g/mol. The molecule has 3 rings (SSSR count). The first kappa shape index (κ1) is 15.8. The van der Waals surface area contributed by atoms with E-state index in [0.717, 1.165) is 34.0 Å². The van der Waals surface area contributed by atoms with Crippen molar-refractivity contribution in [2.45, 2.75) is 58.2 Å². The molecule has 0 saturated carbocycles. The molecule has 0 amide bonds. The van der Waals surface area contributed by atoms with E-state index in [1.807, 2.05) is 19.1 Å². The van der Waals surface area contributed by atoms with E-state index < -0.39 is 11.7 Å². The maximum Gasteiger partial charge on any atom is 0.195 e. The largest absolute Gasteiger partial charge is 0.508 e. The van der Waals surface area contributed by atoms with Crippen molar-refractivity contribution in [3.8, 4) is 0 Å². The molecule has 2 aliphatic heterocycles. The van der Waals surface area contributed by atoms with Crippen molar-refractivity contribution in [2.24, 2.45) is 0 Å². The van der Waals surface area contributed by atoms with Crippen LogP contribution in [0, 0.1) is 0 Å². The Hall–Kier alpha value is -1.13. The van der Waals surface area contributed by atoms with Gasteiger partial charge in [-0.2, -0.15) is 0 Å². The molecule has 1 saturated heterocycles. The lowest BCUT2D eigenvalue weighted by molar-refractivity contribution is -0.130. The summed E-state index contributed by atoms with van der Waals surface area (Å²) in [5.41, 5.74) is 2.86. The van der Waals surface area contributed by atoms with E-state index >= 15 is 0 Å². The second-order valence-electron chi connectivity index (χ2n) is 6.27. The van der Waals surface area contributed by atoms with Crippen molar-refractivity contribution in [1.29, 1.82) is 0 Å². The molecular formula is C18H21BrO3. The fourth-order valence-corrected chi connectivity index (χ4v) is 4.14. The van der Waals surface area contributed by atoms with Crippen LogP contribution in [-0.2, 0) is 22.4 Å². The third kappa shape index (κ3) is 2.24. The highest BCUT2D eigenvalue weighted by Gasteiger charge is 2.50. The number of carbonyl (C=O) groups excluding carboxylic acids is 1. The van der Waals surface area contributed by atoms with Crippen LogP contribution in [0.4, 0.5) is 0 Å². The smallest absolute Gasteiger partial charge is 0.195 e. The Labute approximate surface area is 139 Å². The number of aryl methyl sites for hydroxylation is 2. The quantitative estimate of drug-likeness (QED) is 0.866. The number of fused-ring (bicyclic) bond motifs is 2. The number of aliphatic hydroxyl groups excluding tert-OH is 1. The van der Waals surface area contributed by atoms with Gasteiger partial charge in [0.1, 0.15) is 17.5 Å². The number of aliphatic hydroxyl groups is 1. The average Bonchev–Trinajstić information content (AvgIpc) is 2.87. The normalized spacial score (nSPS) is 27.6. The molecular weight excluding hydrogens is 344 g/mol. The zero-order valence-corrected chi connectivity index (χ0v) is 14.8. The summed E-state index contributed by atoms with van der Waals surface area (Å²) in [5, 5.41) is 10.8. The molecule has 3 nitrogen and oxygen atoms in total. The zero-order valence-electron chi connectivity index (χ0n) is 13.2. The Morgan fingerprint density at radius 3 is 2.45 bits per heavy atom. The standard InChI is InChI=1S/C18H21BrO3/c1-4-10-8-12(19)9-11(5-2)14(10)15-16(20)13-6-7-18(3,22-13)17(15)21/h8-9,13,21H,4-7H2,1-3H3/t13-,18+/m0/s1. The summed E-state index contributed by atoms with van der Waals surface area (Å²) in [6.07, 6.45) is 2.59. The Kier molecular flexibility index (Phi) is 3.94. The van der Waals surface area contributed by atoms with Gasteiger partial charge >= 0.3 is 0 Å². The van der Waals surface area contributed by atoms with Gasteiger partial charge in [-0.05, 0) is 61.4 Å². The van der Waals surface area contributed by atoms with Crippen LogP contribution in [0.25, 0.3) is 5.57 Å². The molecule has 0 unspecified atom stereocenters. The first-order valence-electron chi connectivity index (χ1n) is 7.88. The van der Waals surface area contributed by atoms with Crippen LogP contribution in [-0.4, -0.2) is 22.6 Å². The molecule has 1 aromatic carbocycles. The molecule has 0 aromatic heterocycles. The first-order chi connectivity index (χ1) is 10.4. The maximum absolute atomic E-state index is 12.8. The summed E-state index contributed by atoms with van der Waals surface area (Å²) in [4.78, 5) is 12.8. The van der Waals surface area contributed by atoms with Crippen LogP contribution in [0.3, 0.4) is 0 Å².